The molecule has 2 rings (SSSR count). The fourth-order valence-corrected chi connectivity index (χ4v) is 2.86. The Morgan fingerprint density at radius 3 is 2.71 bits per heavy atom. The maximum absolute atomic E-state index is 12.2. The highest BCUT2D eigenvalue weighted by Gasteiger charge is 2.15. The summed E-state index contributed by atoms with van der Waals surface area (Å²) in [4.78, 5) is 53.8. The number of H-pyrrole nitrogens is 1. The lowest BCUT2D eigenvalue weighted by atomic mass is 10.2. The van der Waals surface area contributed by atoms with Gasteiger partial charge in [-0.25, -0.2) is 9.78 Å². The highest BCUT2D eigenvalue weighted by atomic mass is 32.2. The number of benzene rings is 1. The van der Waals surface area contributed by atoms with Crippen LogP contribution in [0.15, 0.2) is 40.3 Å². The Kier molecular flexibility index (Phi) is 7.76. The van der Waals surface area contributed by atoms with Crippen molar-refractivity contribution in [3.8, 4) is 0 Å². The number of hydrogen-bond acceptors (Lipinski definition) is 8. The predicted molar refractivity (Wildman–Crippen MR) is 102 cm³/mol. The lowest BCUT2D eigenvalue weighted by Crippen LogP contribution is -2.18. The summed E-state index contributed by atoms with van der Waals surface area (Å²) in [6.07, 6.45) is -0.146. The number of aromatic nitrogens is 2. The molecule has 9 nitrogen and oxygen atoms in total. The number of aromatic amines is 1. The summed E-state index contributed by atoms with van der Waals surface area (Å²) in [5.74, 6) is -1.53. The second-order valence-corrected chi connectivity index (χ2v) is 6.36. The molecule has 0 atom stereocenters. The van der Waals surface area contributed by atoms with E-state index in [0.717, 1.165) is 11.8 Å². The summed E-state index contributed by atoms with van der Waals surface area (Å²) in [6, 6.07) is 7.68. The Hall–Kier alpha value is -3.14. The number of nitrogens with zero attached hydrogens (tertiary/aromatic N) is 1. The van der Waals surface area contributed by atoms with Gasteiger partial charge in [0.15, 0.2) is 5.16 Å². The first-order chi connectivity index (χ1) is 13.4. The molecular weight excluding hydrogens is 386 g/mol. The van der Waals surface area contributed by atoms with Gasteiger partial charge in [-0.05, 0) is 19.1 Å². The Bertz CT molecular complexity index is 928. The smallest absolute Gasteiger partial charge is 0.340 e. The number of hydrogen-bond donors (Lipinski definition) is 2. The van der Waals surface area contributed by atoms with E-state index in [1.165, 1.54) is 13.2 Å². The van der Waals surface area contributed by atoms with Gasteiger partial charge in [-0.15, -0.1) is 0 Å². The lowest BCUT2D eigenvalue weighted by Gasteiger charge is -2.10. The van der Waals surface area contributed by atoms with Crippen molar-refractivity contribution in [1.82, 2.24) is 9.97 Å². The molecule has 0 saturated carbocycles. The van der Waals surface area contributed by atoms with E-state index in [1.807, 2.05) is 0 Å². The van der Waals surface area contributed by atoms with Crippen LogP contribution in [-0.4, -0.2) is 47.3 Å². The van der Waals surface area contributed by atoms with E-state index >= 15 is 0 Å². The van der Waals surface area contributed by atoms with Crippen LogP contribution in [-0.2, 0) is 25.5 Å². The number of nitrogens with one attached hydrogen (secondary N) is 2. The molecule has 2 aromatic rings. The standard InChI is InChI=1S/C18H19N3O6S/c1-3-27-17(25)12-6-4-5-7-13(12)20-15(23)10-28-18-19-11(8-14(22)21-18)9-16(24)26-2/h4-8H,3,9-10H2,1-2H3,(H,20,23)(H,19,21,22). The molecule has 1 aromatic carbocycles. The fourth-order valence-electron chi connectivity index (χ4n) is 2.16. The van der Waals surface area contributed by atoms with Gasteiger partial charge in [0, 0.05) is 6.07 Å². The van der Waals surface area contributed by atoms with E-state index in [4.69, 9.17) is 4.74 Å². The van der Waals surface area contributed by atoms with Crippen LogP contribution in [0.5, 0.6) is 0 Å². The first-order valence-corrected chi connectivity index (χ1v) is 9.27. The Balaban J connectivity index is 2.03. The van der Waals surface area contributed by atoms with Gasteiger partial charge in [0.1, 0.15) is 0 Å². The van der Waals surface area contributed by atoms with Crippen LogP contribution in [0.2, 0.25) is 0 Å². The first-order valence-electron chi connectivity index (χ1n) is 8.28. The normalized spacial score (nSPS) is 10.2. The second-order valence-electron chi connectivity index (χ2n) is 5.40. The van der Waals surface area contributed by atoms with E-state index in [2.05, 4.69) is 20.0 Å². The highest BCUT2D eigenvalue weighted by molar-refractivity contribution is 7.99. The van der Waals surface area contributed by atoms with E-state index in [9.17, 15) is 19.2 Å². The van der Waals surface area contributed by atoms with Gasteiger partial charge in [-0.2, -0.15) is 0 Å². The summed E-state index contributed by atoms with van der Waals surface area (Å²) >= 11 is 0.988. The van der Waals surface area contributed by atoms with Crippen LogP contribution in [0.1, 0.15) is 23.0 Å². The average Bonchev–Trinajstić information content (AvgIpc) is 2.66. The van der Waals surface area contributed by atoms with Crippen molar-refractivity contribution in [2.75, 3.05) is 24.8 Å². The summed E-state index contributed by atoms with van der Waals surface area (Å²) < 4.78 is 9.51. The average molecular weight is 405 g/mol. The van der Waals surface area contributed by atoms with Crippen molar-refractivity contribution >= 4 is 35.3 Å². The molecule has 1 aromatic heterocycles. The molecule has 0 radical (unpaired) electrons. The number of carbonyl (C=O) groups excluding carboxylic acids is 3. The molecule has 0 spiro atoms. The van der Waals surface area contributed by atoms with Gasteiger partial charge in [0.2, 0.25) is 5.91 Å². The third kappa shape index (κ3) is 6.23. The van der Waals surface area contributed by atoms with Crippen molar-refractivity contribution in [3.63, 3.8) is 0 Å². The van der Waals surface area contributed by atoms with Gasteiger partial charge in [-0.1, -0.05) is 23.9 Å². The molecule has 1 heterocycles. The lowest BCUT2D eigenvalue weighted by molar-refractivity contribution is -0.139. The van der Waals surface area contributed by atoms with Gasteiger partial charge < -0.3 is 19.8 Å². The minimum absolute atomic E-state index is 0.0677. The van der Waals surface area contributed by atoms with Gasteiger partial charge >= 0.3 is 11.9 Å². The molecule has 2 N–H and O–H groups in total. The third-order valence-corrected chi connectivity index (χ3v) is 4.24. The van der Waals surface area contributed by atoms with Crippen LogP contribution in [0.25, 0.3) is 0 Å². The number of methoxy groups -OCH3 is 1. The molecule has 0 fully saturated rings. The number of anilines is 1. The van der Waals surface area contributed by atoms with Crippen molar-refractivity contribution in [2.24, 2.45) is 0 Å². The molecule has 0 aliphatic heterocycles. The minimum Gasteiger partial charge on any atom is -0.469 e. The molecule has 0 aliphatic rings. The molecule has 0 unspecified atom stereocenters. The summed E-state index contributed by atoms with van der Waals surface area (Å²) in [5.41, 5.74) is 0.373. The Morgan fingerprint density at radius 1 is 1.25 bits per heavy atom. The monoisotopic (exact) mass is 405 g/mol. The number of rotatable bonds is 8. The van der Waals surface area contributed by atoms with Gasteiger partial charge in [0.05, 0.1) is 42.8 Å². The maximum Gasteiger partial charge on any atom is 0.340 e. The number of carbonyl (C=O) groups is 3. The van der Waals surface area contributed by atoms with Crippen LogP contribution >= 0.6 is 11.8 Å². The Labute approximate surface area is 164 Å². The van der Waals surface area contributed by atoms with Crippen molar-refractivity contribution in [1.29, 1.82) is 0 Å². The summed E-state index contributed by atoms with van der Waals surface area (Å²) in [6.45, 7) is 1.91. The number of thioether (sulfide) groups is 1. The first kappa shape index (κ1) is 21.2. The van der Waals surface area contributed by atoms with E-state index in [-0.39, 0.29) is 35.2 Å². The van der Waals surface area contributed by atoms with Crippen LogP contribution < -0.4 is 10.9 Å². The second kappa shape index (κ2) is 10.3. The largest absolute Gasteiger partial charge is 0.469 e. The number of ether oxygens (including phenoxy) is 2. The molecule has 1 amide bonds. The molecule has 0 aliphatic carbocycles. The van der Waals surface area contributed by atoms with Crippen molar-refractivity contribution < 1.29 is 23.9 Å². The van der Waals surface area contributed by atoms with E-state index in [0.29, 0.717) is 5.69 Å². The maximum atomic E-state index is 12.2. The van der Waals surface area contributed by atoms with Gasteiger partial charge in [-0.3, -0.25) is 14.4 Å². The quantitative estimate of drug-likeness (QED) is 0.383. The van der Waals surface area contributed by atoms with Gasteiger partial charge in [0.25, 0.3) is 5.56 Å². The Morgan fingerprint density at radius 2 is 2.00 bits per heavy atom. The third-order valence-electron chi connectivity index (χ3n) is 3.36. The summed E-state index contributed by atoms with van der Waals surface area (Å²) in [7, 11) is 1.24. The zero-order valence-electron chi connectivity index (χ0n) is 15.3. The number of amides is 1. The predicted octanol–water partition coefficient (Wildman–Crippen LogP) is 1.39. The molecule has 0 saturated heterocycles. The van der Waals surface area contributed by atoms with Crippen LogP contribution in [0.4, 0.5) is 5.69 Å². The van der Waals surface area contributed by atoms with Crippen LogP contribution in [0, 0.1) is 0 Å². The van der Waals surface area contributed by atoms with E-state index in [1.54, 1.807) is 31.2 Å². The van der Waals surface area contributed by atoms with E-state index < -0.39 is 23.4 Å². The number of para-hydroxylation sites is 1. The zero-order valence-corrected chi connectivity index (χ0v) is 16.1. The van der Waals surface area contributed by atoms with Crippen molar-refractivity contribution in [2.45, 2.75) is 18.5 Å². The molecule has 148 valence electrons. The molecule has 10 heteroatoms. The minimum atomic E-state index is -0.535. The molecular formula is C18H19N3O6S. The SMILES string of the molecule is CCOC(=O)c1ccccc1NC(=O)CSc1nc(CC(=O)OC)cc(=O)[nH]1. The number of esters is 2. The molecule has 28 heavy (non-hydrogen) atoms. The van der Waals surface area contributed by atoms with Crippen molar-refractivity contribution in [3.05, 3.63) is 51.9 Å². The topological polar surface area (TPSA) is 127 Å². The zero-order chi connectivity index (χ0) is 20.5. The van der Waals surface area contributed by atoms with Crippen LogP contribution in [0.3, 0.4) is 0 Å². The fraction of sp³-hybridized carbons (Fsp3) is 0.278. The summed E-state index contributed by atoms with van der Waals surface area (Å²) in [5, 5.41) is 2.83. The highest BCUT2D eigenvalue weighted by Crippen LogP contribution is 2.18. The molecule has 0 bridgehead atoms.